The lowest BCUT2D eigenvalue weighted by atomic mass is 9.88. The third kappa shape index (κ3) is 3.28. The smallest absolute Gasteiger partial charge is 0.182 e. The molecule has 3 aliphatic rings. The first kappa shape index (κ1) is 20.4. The van der Waals surface area contributed by atoms with E-state index in [0.717, 1.165) is 16.7 Å². The highest BCUT2D eigenvalue weighted by atomic mass is 16.5. The van der Waals surface area contributed by atoms with Crippen molar-refractivity contribution >= 4 is 11.0 Å². The van der Waals surface area contributed by atoms with Gasteiger partial charge in [0.25, 0.3) is 0 Å². The Kier molecular flexibility index (Phi) is 4.64. The van der Waals surface area contributed by atoms with E-state index in [9.17, 15) is 20.1 Å². The molecule has 2 aromatic carbocycles. The summed E-state index contributed by atoms with van der Waals surface area (Å²) in [7, 11) is 0. The van der Waals surface area contributed by atoms with Crippen LogP contribution in [-0.4, -0.2) is 27.5 Å². The molecule has 0 bridgehead atoms. The van der Waals surface area contributed by atoms with Crippen LogP contribution in [-0.2, 0) is 12.8 Å². The van der Waals surface area contributed by atoms with Gasteiger partial charge >= 0.3 is 0 Å². The van der Waals surface area contributed by atoms with E-state index < -0.39 is 6.10 Å². The van der Waals surface area contributed by atoms with Gasteiger partial charge < -0.3 is 24.5 Å². The summed E-state index contributed by atoms with van der Waals surface area (Å²) in [4.78, 5) is 12.2. The molecule has 32 heavy (non-hydrogen) atoms. The van der Waals surface area contributed by atoms with E-state index >= 15 is 0 Å². The summed E-state index contributed by atoms with van der Waals surface area (Å²) >= 11 is 0. The average molecular weight is 432 g/mol. The van der Waals surface area contributed by atoms with Crippen LogP contribution in [0.15, 0.2) is 45.6 Å². The van der Waals surface area contributed by atoms with Crippen LogP contribution in [0.5, 0.6) is 17.2 Å². The summed E-state index contributed by atoms with van der Waals surface area (Å²) in [5, 5.41) is 31.7. The molecule has 0 saturated heterocycles. The zero-order chi connectivity index (χ0) is 22.7. The topological polar surface area (TPSA) is 100 Å². The molecule has 0 unspecified atom stereocenters. The van der Waals surface area contributed by atoms with Crippen molar-refractivity contribution in [3.63, 3.8) is 0 Å². The quantitative estimate of drug-likeness (QED) is 0.411. The van der Waals surface area contributed by atoms with Gasteiger partial charge in [-0.25, -0.2) is 0 Å². The van der Waals surface area contributed by atoms with Crippen LogP contribution in [0, 0.1) is 6.92 Å². The molecule has 0 amide bonds. The lowest BCUT2D eigenvalue weighted by molar-refractivity contribution is 0.195. The van der Waals surface area contributed by atoms with Crippen molar-refractivity contribution in [1.82, 2.24) is 0 Å². The number of benzene rings is 3. The predicted molar refractivity (Wildman–Crippen MR) is 122 cm³/mol. The second-order valence-corrected chi connectivity index (χ2v) is 8.76. The Morgan fingerprint density at radius 3 is 2.62 bits per heavy atom. The van der Waals surface area contributed by atoms with Gasteiger partial charge in [-0.2, -0.15) is 0 Å². The van der Waals surface area contributed by atoms with E-state index in [1.54, 1.807) is 19.1 Å². The summed E-state index contributed by atoms with van der Waals surface area (Å²) < 4.78 is 12.5. The summed E-state index contributed by atoms with van der Waals surface area (Å²) in [6, 6.07) is 9.75. The minimum atomic E-state index is -0.673. The van der Waals surface area contributed by atoms with Crippen molar-refractivity contribution in [2.75, 3.05) is 0 Å². The van der Waals surface area contributed by atoms with Crippen molar-refractivity contribution in [3.05, 3.63) is 63.3 Å². The lowest BCUT2D eigenvalue weighted by Gasteiger charge is -2.28. The van der Waals surface area contributed by atoms with Crippen molar-refractivity contribution < 1.29 is 24.5 Å². The first-order chi connectivity index (χ1) is 15.2. The Hall–Kier alpha value is -3.51. The Balaban J connectivity index is 1.95. The molecule has 0 aromatic heterocycles. The SMILES string of the molecule is Cc1cc(-c2c(O)cc(O)cc2C[C@H](C)O)c2c3c4c(cc(=O)cc-4oc2c1)C[C@H](C)O3. The van der Waals surface area contributed by atoms with Crippen molar-refractivity contribution in [3.8, 4) is 39.7 Å². The molecule has 2 atom stereocenters. The number of aliphatic hydroxyl groups is 1. The number of hydrogen-bond acceptors (Lipinski definition) is 6. The number of phenolic OH excluding ortho intramolecular Hbond substituents is 2. The molecule has 2 aromatic rings. The van der Waals surface area contributed by atoms with Crippen LogP contribution >= 0.6 is 0 Å². The first-order valence-electron chi connectivity index (χ1n) is 10.7. The Bertz CT molecular complexity index is 1400. The number of hydrogen-bond donors (Lipinski definition) is 3. The van der Waals surface area contributed by atoms with Gasteiger partial charge in [-0.05, 0) is 62.1 Å². The molecule has 1 aliphatic carbocycles. The summed E-state index contributed by atoms with van der Waals surface area (Å²) in [5.41, 5.74) is 4.74. The van der Waals surface area contributed by atoms with Crippen LogP contribution in [0.2, 0.25) is 0 Å². The second kappa shape index (κ2) is 7.28. The first-order valence-corrected chi connectivity index (χ1v) is 10.7. The number of aromatic hydroxyl groups is 2. The highest BCUT2D eigenvalue weighted by Gasteiger charge is 2.30. The molecule has 6 nitrogen and oxygen atoms in total. The van der Waals surface area contributed by atoms with Gasteiger partial charge in [-0.3, -0.25) is 4.79 Å². The number of ether oxygens (including phenoxy) is 1. The van der Waals surface area contributed by atoms with E-state index in [-0.39, 0.29) is 29.5 Å². The van der Waals surface area contributed by atoms with Gasteiger partial charge in [0, 0.05) is 29.7 Å². The van der Waals surface area contributed by atoms with E-state index in [1.165, 1.54) is 12.1 Å². The van der Waals surface area contributed by atoms with Gasteiger partial charge in [0.2, 0.25) is 0 Å². The highest BCUT2D eigenvalue weighted by Crippen LogP contribution is 2.50. The third-order valence-corrected chi connectivity index (χ3v) is 5.87. The Morgan fingerprint density at radius 2 is 1.88 bits per heavy atom. The number of aryl methyl sites for hydroxylation is 1. The summed E-state index contributed by atoms with van der Waals surface area (Å²) in [6.45, 7) is 5.52. The van der Waals surface area contributed by atoms with E-state index in [1.807, 2.05) is 26.0 Å². The minimum Gasteiger partial charge on any atom is -0.508 e. The third-order valence-electron chi connectivity index (χ3n) is 5.87. The normalized spacial score (nSPS) is 16.3. The molecule has 164 valence electrons. The van der Waals surface area contributed by atoms with E-state index in [4.69, 9.17) is 9.15 Å². The Labute approximate surface area is 184 Å². The molecule has 0 spiro atoms. The van der Waals surface area contributed by atoms with E-state index in [2.05, 4.69) is 0 Å². The minimum absolute atomic E-state index is 0.0783. The molecule has 0 saturated carbocycles. The monoisotopic (exact) mass is 432 g/mol. The number of phenols is 2. The number of aliphatic hydroxyl groups excluding tert-OH is 1. The fourth-order valence-corrected chi connectivity index (χ4v) is 4.78. The zero-order valence-corrected chi connectivity index (χ0v) is 18.1. The average Bonchev–Trinajstić information content (AvgIpc) is 2.65. The van der Waals surface area contributed by atoms with Crippen LogP contribution in [0.3, 0.4) is 0 Å². The fraction of sp³-hybridized carbons (Fsp3) is 0.269. The van der Waals surface area contributed by atoms with Crippen molar-refractivity contribution in [2.45, 2.75) is 45.8 Å². The summed E-state index contributed by atoms with van der Waals surface area (Å²) in [6.07, 6.45) is 0.0276. The molecule has 2 heterocycles. The second-order valence-electron chi connectivity index (χ2n) is 8.76. The van der Waals surface area contributed by atoms with Gasteiger partial charge in [-0.1, -0.05) is 6.07 Å². The fourth-order valence-electron chi connectivity index (χ4n) is 4.78. The maximum Gasteiger partial charge on any atom is 0.182 e. The van der Waals surface area contributed by atoms with Crippen LogP contribution in [0.4, 0.5) is 0 Å². The van der Waals surface area contributed by atoms with Gasteiger partial charge in [0.05, 0.1) is 17.1 Å². The zero-order valence-electron chi connectivity index (χ0n) is 18.1. The number of fused-ring (bicyclic) bond motifs is 2. The Morgan fingerprint density at radius 1 is 1.09 bits per heavy atom. The van der Waals surface area contributed by atoms with Crippen LogP contribution < -0.4 is 10.2 Å². The van der Waals surface area contributed by atoms with Gasteiger partial charge in [-0.15, -0.1) is 0 Å². The molecule has 2 aliphatic heterocycles. The number of rotatable bonds is 3. The molecule has 0 fully saturated rings. The molecule has 5 rings (SSSR count). The predicted octanol–water partition coefficient (Wildman–Crippen LogP) is 4.53. The molecular weight excluding hydrogens is 408 g/mol. The van der Waals surface area contributed by atoms with Gasteiger partial charge in [0.15, 0.2) is 5.43 Å². The standard InChI is InChI=1S/C26H24O6/c1-12-4-19(23-15(6-13(2)27)8-17(28)10-20(23)30)25-21(5-12)32-22-11-18(29)9-16-7-14(3)31-26(25)24(16)22/h4-5,8-11,13-14,27-28,30H,6-7H2,1-3H3/t13-,14-/m0/s1. The van der Waals surface area contributed by atoms with Crippen molar-refractivity contribution in [1.29, 1.82) is 0 Å². The molecular formula is C26H24O6. The van der Waals surface area contributed by atoms with Gasteiger partial charge in [0.1, 0.15) is 34.7 Å². The largest absolute Gasteiger partial charge is 0.508 e. The molecule has 3 N–H and O–H groups in total. The maximum absolute atomic E-state index is 12.2. The highest BCUT2D eigenvalue weighted by molar-refractivity contribution is 6.05. The van der Waals surface area contributed by atoms with Crippen LogP contribution in [0.25, 0.3) is 33.4 Å². The van der Waals surface area contributed by atoms with Crippen LogP contribution in [0.1, 0.15) is 30.5 Å². The van der Waals surface area contributed by atoms with Crippen molar-refractivity contribution in [2.24, 2.45) is 0 Å². The maximum atomic E-state index is 12.2. The summed E-state index contributed by atoms with van der Waals surface area (Å²) in [5.74, 6) is 0.905. The van der Waals surface area contributed by atoms with E-state index in [0.29, 0.717) is 45.6 Å². The lowest BCUT2D eigenvalue weighted by Crippen LogP contribution is -2.23. The molecule has 0 radical (unpaired) electrons. The molecule has 6 heteroatoms.